The van der Waals surface area contributed by atoms with Crippen LogP contribution in [0.3, 0.4) is 0 Å². The van der Waals surface area contributed by atoms with Crippen molar-refractivity contribution in [2.45, 2.75) is 36.9 Å². The summed E-state index contributed by atoms with van der Waals surface area (Å²) in [6, 6.07) is 13.6. The number of halogens is 1. The van der Waals surface area contributed by atoms with E-state index in [-0.39, 0.29) is 17.2 Å². The Bertz CT molecular complexity index is 1080. The monoisotopic (exact) mass is 397 g/mol. The van der Waals surface area contributed by atoms with E-state index in [0.717, 1.165) is 12.8 Å². The van der Waals surface area contributed by atoms with Crippen molar-refractivity contribution < 1.29 is 9.18 Å². The Kier molecular flexibility index (Phi) is 5.43. The number of carbonyl (C=O) groups is 1. The number of amides is 1. The number of aromatic nitrogens is 2. The van der Waals surface area contributed by atoms with Crippen LogP contribution in [0.25, 0.3) is 16.6 Å². The highest BCUT2D eigenvalue weighted by atomic mass is 32.2. The third kappa shape index (κ3) is 4.09. The number of benzene rings is 2. The minimum absolute atomic E-state index is 0.0565. The quantitative estimate of drug-likeness (QED) is 0.375. The van der Waals surface area contributed by atoms with Crippen LogP contribution in [0, 0.1) is 5.82 Å². The lowest BCUT2D eigenvalue weighted by atomic mass is 10.2. The Labute approximate surface area is 166 Å². The average molecular weight is 397 g/mol. The summed E-state index contributed by atoms with van der Waals surface area (Å²) < 4.78 is 15.7. The third-order valence-corrected chi connectivity index (χ3v) is 5.58. The fraction of sp³-hybridized carbons (Fsp3) is 0.286. The molecule has 0 atom stereocenters. The van der Waals surface area contributed by atoms with Crippen LogP contribution >= 0.6 is 11.8 Å². The third-order valence-electron chi connectivity index (χ3n) is 4.56. The van der Waals surface area contributed by atoms with Crippen LogP contribution < -0.4 is 10.9 Å². The van der Waals surface area contributed by atoms with E-state index in [1.807, 2.05) is 6.07 Å². The Morgan fingerprint density at radius 2 is 1.93 bits per heavy atom. The molecule has 0 radical (unpaired) electrons. The summed E-state index contributed by atoms with van der Waals surface area (Å²) in [6.07, 6.45) is 3.22. The van der Waals surface area contributed by atoms with Gasteiger partial charge >= 0.3 is 0 Å². The summed E-state index contributed by atoms with van der Waals surface area (Å²) in [5.41, 5.74) is 0.457. The summed E-state index contributed by atoms with van der Waals surface area (Å²) in [6.45, 7) is 0. The van der Waals surface area contributed by atoms with Crippen molar-refractivity contribution in [3.8, 4) is 5.69 Å². The van der Waals surface area contributed by atoms with Crippen LogP contribution in [0.15, 0.2) is 58.5 Å². The van der Waals surface area contributed by atoms with Gasteiger partial charge in [0.1, 0.15) is 5.82 Å². The molecule has 0 bridgehead atoms. The summed E-state index contributed by atoms with van der Waals surface area (Å²) in [4.78, 5) is 29.5. The molecule has 5 nitrogen and oxygen atoms in total. The van der Waals surface area contributed by atoms with Crippen molar-refractivity contribution in [3.63, 3.8) is 0 Å². The maximum atomic E-state index is 14.4. The molecule has 0 unspecified atom stereocenters. The topological polar surface area (TPSA) is 64.0 Å². The highest BCUT2D eigenvalue weighted by molar-refractivity contribution is 7.99. The van der Waals surface area contributed by atoms with Gasteiger partial charge in [0.05, 0.1) is 16.6 Å². The van der Waals surface area contributed by atoms with Gasteiger partial charge in [-0.3, -0.25) is 14.2 Å². The summed E-state index contributed by atoms with van der Waals surface area (Å²) in [5.74, 6) is 0.186. The Morgan fingerprint density at radius 1 is 1.18 bits per heavy atom. The summed E-state index contributed by atoms with van der Waals surface area (Å²) >= 11 is 1.36. The Morgan fingerprint density at radius 3 is 2.71 bits per heavy atom. The molecule has 1 saturated carbocycles. The van der Waals surface area contributed by atoms with Crippen LogP contribution in [0.2, 0.25) is 0 Å². The van der Waals surface area contributed by atoms with Crippen LogP contribution in [0.4, 0.5) is 4.39 Å². The first-order valence-corrected chi connectivity index (χ1v) is 10.3. The number of thioether (sulfide) groups is 1. The maximum Gasteiger partial charge on any atom is 0.266 e. The van der Waals surface area contributed by atoms with Gasteiger partial charge in [-0.2, -0.15) is 0 Å². The molecule has 0 saturated heterocycles. The molecular weight excluding hydrogens is 377 g/mol. The zero-order chi connectivity index (χ0) is 19.5. The zero-order valence-corrected chi connectivity index (χ0v) is 16.0. The van der Waals surface area contributed by atoms with Crippen molar-refractivity contribution in [1.82, 2.24) is 14.9 Å². The molecule has 1 fully saturated rings. The SMILES string of the molecule is O=C(CCCSc1nc2ccccc2c(=O)n1-c1ccccc1F)NC1CC1. The summed E-state index contributed by atoms with van der Waals surface area (Å²) in [7, 11) is 0. The van der Waals surface area contributed by atoms with Crippen LogP contribution in [-0.2, 0) is 4.79 Å². The molecule has 1 aliphatic rings. The Hall–Kier alpha value is -2.67. The minimum atomic E-state index is -0.479. The number of fused-ring (bicyclic) bond motifs is 1. The minimum Gasteiger partial charge on any atom is -0.353 e. The fourth-order valence-electron chi connectivity index (χ4n) is 2.98. The molecule has 1 aromatic heterocycles. The number of carbonyl (C=O) groups excluding carboxylic acids is 1. The highest BCUT2D eigenvalue weighted by Crippen LogP contribution is 2.24. The molecule has 1 amide bonds. The van der Waals surface area contributed by atoms with Gasteiger partial charge in [-0.1, -0.05) is 36.0 Å². The van der Waals surface area contributed by atoms with Crippen molar-refractivity contribution in [2.24, 2.45) is 0 Å². The molecule has 144 valence electrons. The second-order valence-electron chi connectivity index (χ2n) is 6.80. The second-order valence-corrected chi connectivity index (χ2v) is 7.86. The number of rotatable bonds is 7. The van der Waals surface area contributed by atoms with Crippen molar-refractivity contribution in [3.05, 3.63) is 64.7 Å². The first-order chi connectivity index (χ1) is 13.6. The maximum absolute atomic E-state index is 14.4. The van der Waals surface area contributed by atoms with E-state index in [1.165, 1.54) is 22.4 Å². The number of hydrogen-bond donors (Lipinski definition) is 1. The van der Waals surface area contributed by atoms with Gasteiger partial charge in [-0.15, -0.1) is 0 Å². The van der Waals surface area contributed by atoms with Gasteiger partial charge in [0.2, 0.25) is 5.91 Å². The van der Waals surface area contributed by atoms with Gasteiger partial charge in [0.25, 0.3) is 5.56 Å². The van der Waals surface area contributed by atoms with Gasteiger partial charge in [0.15, 0.2) is 5.16 Å². The molecule has 1 heterocycles. The van der Waals surface area contributed by atoms with E-state index >= 15 is 0 Å². The van der Waals surface area contributed by atoms with E-state index < -0.39 is 5.82 Å². The molecule has 1 aliphatic carbocycles. The fourth-order valence-corrected chi connectivity index (χ4v) is 3.92. The molecule has 0 spiro atoms. The molecule has 28 heavy (non-hydrogen) atoms. The normalized spacial score (nSPS) is 13.6. The number of nitrogens with one attached hydrogen (secondary N) is 1. The van der Waals surface area contributed by atoms with E-state index in [1.54, 1.807) is 36.4 Å². The van der Waals surface area contributed by atoms with E-state index in [2.05, 4.69) is 10.3 Å². The highest BCUT2D eigenvalue weighted by Gasteiger charge is 2.23. The van der Waals surface area contributed by atoms with E-state index in [9.17, 15) is 14.0 Å². The first-order valence-electron chi connectivity index (χ1n) is 9.32. The van der Waals surface area contributed by atoms with Crippen molar-refractivity contribution >= 4 is 28.6 Å². The van der Waals surface area contributed by atoms with Gasteiger partial charge in [0, 0.05) is 18.2 Å². The largest absolute Gasteiger partial charge is 0.353 e. The van der Waals surface area contributed by atoms with Gasteiger partial charge in [-0.05, 0) is 43.5 Å². The standard InChI is InChI=1S/C21H20FN3O2S/c22-16-7-2-4-9-18(16)25-20(27)15-6-1-3-8-17(15)24-21(25)28-13-5-10-19(26)23-14-11-12-14/h1-4,6-9,14H,5,10-13H2,(H,23,26). The lowest BCUT2D eigenvalue weighted by molar-refractivity contribution is -0.121. The number of para-hydroxylation sites is 2. The smallest absolute Gasteiger partial charge is 0.266 e. The molecular formula is C21H20FN3O2S. The molecule has 3 aromatic rings. The van der Waals surface area contributed by atoms with Crippen LogP contribution in [-0.4, -0.2) is 27.3 Å². The van der Waals surface area contributed by atoms with Gasteiger partial charge in [-0.25, -0.2) is 9.37 Å². The number of nitrogens with zero attached hydrogens (tertiary/aromatic N) is 2. The first kappa shape index (κ1) is 18.7. The van der Waals surface area contributed by atoms with Gasteiger partial charge < -0.3 is 5.32 Å². The molecule has 0 aliphatic heterocycles. The summed E-state index contributed by atoms with van der Waals surface area (Å²) in [5, 5.41) is 3.83. The molecule has 2 aromatic carbocycles. The van der Waals surface area contributed by atoms with E-state index in [4.69, 9.17) is 0 Å². The molecule has 1 N–H and O–H groups in total. The van der Waals surface area contributed by atoms with Crippen molar-refractivity contribution in [1.29, 1.82) is 0 Å². The van der Waals surface area contributed by atoms with Crippen molar-refractivity contribution in [2.75, 3.05) is 5.75 Å². The second kappa shape index (κ2) is 8.14. The number of hydrogen-bond acceptors (Lipinski definition) is 4. The Balaban J connectivity index is 1.60. The zero-order valence-electron chi connectivity index (χ0n) is 15.2. The lowest BCUT2D eigenvalue weighted by Gasteiger charge is -2.13. The molecule has 7 heteroatoms. The lowest BCUT2D eigenvalue weighted by Crippen LogP contribution is -2.25. The van der Waals surface area contributed by atoms with E-state index in [0.29, 0.717) is 40.7 Å². The predicted octanol–water partition coefficient (Wildman–Crippen LogP) is 3.68. The predicted molar refractivity (Wildman–Crippen MR) is 108 cm³/mol. The average Bonchev–Trinajstić information content (AvgIpc) is 3.50. The van der Waals surface area contributed by atoms with Crippen LogP contribution in [0.5, 0.6) is 0 Å². The van der Waals surface area contributed by atoms with Crippen LogP contribution in [0.1, 0.15) is 25.7 Å². The molecule has 4 rings (SSSR count).